The minimum atomic E-state index is 0.616. The van der Waals surface area contributed by atoms with Gasteiger partial charge in [0.1, 0.15) is 0 Å². The average molecular weight is 152 g/mol. The van der Waals surface area contributed by atoms with Crippen LogP contribution in [-0.2, 0) is 0 Å². The normalized spacial score (nSPS) is 12.0. The Kier molecular flexibility index (Phi) is 1.85. The molecule has 0 saturated carbocycles. The van der Waals surface area contributed by atoms with Crippen LogP contribution < -0.4 is 17.2 Å². The molecular weight excluding hydrogens is 140 g/mol. The van der Waals surface area contributed by atoms with E-state index in [0.717, 1.165) is 11.3 Å². The zero-order chi connectivity index (χ0) is 8.43. The molecule has 0 aromatic carbocycles. The summed E-state index contributed by atoms with van der Waals surface area (Å²) in [5.41, 5.74) is 2.52. The summed E-state index contributed by atoms with van der Waals surface area (Å²) in [7, 11) is 0. The van der Waals surface area contributed by atoms with E-state index in [1.807, 2.05) is 26.0 Å². The van der Waals surface area contributed by atoms with Crippen LogP contribution in [0.15, 0.2) is 17.2 Å². The molecule has 4 N–H and O–H groups in total. The molecule has 1 rings (SSSR count). The Hall–Kier alpha value is -1.45. The van der Waals surface area contributed by atoms with Gasteiger partial charge in [0.05, 0.1) is 0 Å². The molecule has 0 unspecified atom stereocenters. The third kappa shape index (κ3) is 1.19. The molecule has 11 heavy (non-hydrogen) atoms. The van der Waals surface area contributed by atoms with Gasteiger partial charge in [-0.15, -0.1) is 0 Å². The first-order valence-corrected chi connectivity index (χ1v) is 3.35. The Morgan fingerprint density at radius 1 is 1.36 bits per heavy atom. The fourth-order valence-corrected chi connectivity index (χ4v) is 0.921. The van der Waals surface area contributed by atoms with Gasteiger partial charge in [-0.05, 0) is 25.5 Å². The Morgan fingerprint density at radius 2 is 2.00 bits per heavy atom. The van der Waals surface area contributed by atoms with Gasteiger partial charge in [-0.2, -0.15) is 5.10 Å². The van der Waals surface area contributed by atoms with Crippen molar-refractivity contribution in [1.82, 2.24) is 4.68 Å². The number of rotatable bonds is 0. The number of aromatic nitrogens is 1. The van der Waals surface area contributed by atoms with E-state index in [1.165, 1.54) is 4.68 Å². The van der Waals surface area contributed by atoms with Crippen molar-refractivity contribution in [3.05, 3.63) is 28.9 Å². The van der Waals surface area contributed by atoms with Gasteiger partial charge in [0.25, 0.3) is 0 Å². The molecular formula is C7H12N4. The van der Waals surface area contributed by atoms with Crippen molar-refractivity contribution >= 4 is 0 Å². The van der Waals surface area contributed by atoms with Crippen molar-refractivity contribution in [3.8, 4) is 0 Å². The van der Waals surface area contributed by atoms with Gasteiger partial charge < -0.3 is 11.7 Å². The van der Waals surface area contributed by atoms with E-state index in [2.05, 4.69) is 5.10 Å². The van der Waals surface area contributed by atoms with Crippen molar-refractivity contribution in [2.24, 2.45) is 10.9 Å². The predicted octanol–water partition coefficient (Wildman–Crippen LogP) is -0.407. The first kappa shape index (κ1) is 7.65. The molecule has 0 fully saturated rings. The first-order chi connectivity index (χ1) is 5.16. The summed E-state index contributed by atoms with van der Waals surface area (Å²) in [6.07, 6.45) is 0. The summed E-state index contributed by atoms with van der Waals surface area (Å²) < 4.78 is 1.47. The lowest BCUT2D eigenvalue weighted by atomic mass is 10.3. The minimum Gasteiger partial charge on any atom is -0.337 e. The van der Waals surface area contributed by atoms with Crippen molar-refractivity contribution in [2.45, 2.75) is 13.8 Å². The molecule has 1 heterocycles. The average Bonchev–Trinajstić information content (AvgIpc) is 1.99. The highest BCUT2D eigenvalue weighted by molar-refractivity contribution is 5.12. The minimum absolute atomic E-state index is 0.616. The van der Waals surface area contributed by atoms with Gasteiger partial charge in [-0.25, -0.2) is 4.68 Å². The van der Waals surface area contributed by atoms with Crippen LogP contribution in [0.5, 0.6) is 0 Å². The van der Waals surface area contributed by atoms with Crippen LogP contribution in [0, 0.1) is 13.8 Å². The lowest BCUT2D eigenvalue weighted by Crippen LogP contribution is -2.32. The molecule has 0 bridgehead atoms. The summed E-state index contributed by atoms with van der Waals surface area (Å²) >= 11 is 0. The van der Waals surface area contributed by atoms with Crippen molar-refractivity contribution in [2.75, 3.05) is 5.84 Å². The number of nitrogen functional groups attached to an aromatic ring is 1. The number of nitrogens with two attached hydrogens (primary N) is 2. The van der Waals surface area contributed by atoms with E-state index in [1.54, 1.807) is 0 Å². The molecule has 0 radical (unpaired) electrons. The first-order valence-electron chi connectivity index (χ1n) is 3.35. The van der Waals surface area contributed by atoms with Gasteiger partial charge in [0, 0.05) is 5.69 Å². The second-order valence-electron chi connectivity index (χ2n) is 2.48. The summed E-state index contributed by atoms with van der Waals surface area (Å²) in [5, 5.41) is 3.57. The molecule has 1 aromatic heterocycles. The third-order valence-electron chi connectivity index (χ3n) is 1.66. The van der Waals surface area contributed by atoms with E-state index < -0.39 is 0 Å². The summed E-state index contributed by atoms with van der Waals surface area (Å²) in [4.78, 5) is 0. The second-order valence-corrected chi connectivity index (χ2v) is 2.48. The highest BCUT2D eigenvalue weighted by atomic mass is 15.3. The molecule has 60 valence electrons. The summed E-state index contributed by atoms with van der Waals surface area (Å²) in [6.45, 7) is 3.81. The fourth-order valence-electron chi connectivity index (χ4n) is 0.921. The summed E-state index contributed by atoms with van der Waals surface area (Å²) in [5.74, 6) is 10.8. The molecule has 0 atom stereocenters. The van der Waals surface area contributed by atoms with Crippen molar-refractivity contribution in [1.29, 1.82) is 0 Å². The smallest absolute Gasteiger partial charge is 0.173 e. The number of hydrogen-bond acceptors (Lipinski definition) is 3. The van der Waals surface area contributed by atoms with Crippen LogP contribution in [0.1, 0.15) is 11.3 Å². The SMILES string of the molecule is Cc1ccc(C)n(N)/c1=N\N. The van der Waals surface area contributed by atoms with Crippen LogP contribution in [0.3, 0.4) is 0 Å². The number of aryl methyl sites for hydroxylation is 2. The van der Waals surface area contributed by atoms with Crippen LogP contribution in [-0.4, -0.2) is 4.68 Å². The monoisotopic (exact) mass is 152 g/mol. The Morgan fingerprint density at radius 3 is 2.45 bits per heavy atom. The van der Waals surface area contributed by atoms with Crippen LogP contribution in [0.4, 0.5) is 0 Å². The van der Waals surface area contributed by atoms with Gasteiger partial charge in [-0.1, -0.05) is 6.07 Å². The fraction of sp³-hybridized carbons (Fsp3) is 0.286. The highest BCUT2D eigenvalue weighted by Crippen LogP contribution is 1.92. The lowest BCUT2D eigenvalue weighted by molar-refractivity contribution is 0.824. The quantitative estimate of drug-likeness (QED) is 0.392. The maximum Gasteiger partial charge on any atom is 0.173 e. The lowest BCUT2D eigenvalue weighted by Gasteiger charge is -2.05. The second kappa shape index (κ2) is 2.65. The molecule has 0 aliphatic carbocycles. The Labute approximate surface area is 65.1 Å². The molecule has 0 aliphatic rings. The number of nitrogens with zero attached hydrogens (tertiary/aromatic N) is 2. The molecule has 1 aromatic rings. The van der Waals surface area contributed by atoms with E-state index >= 15 is 0 Å². The van der Waals surface area contributed by atoms with Crippen molar-refractivity contribution < 1.29 is 0 Å². The zero-order valence-corrected chi connectivity index (χ0v) is 6.70. The largest absolute Gasteiger partial charge is 0.337 e. The molecule has 0 saturated heterocycles. The standard InChI is InChI=1S/C7H12N4/c1-5-3-4-6(2)11(9)7(5)10-8/h3-4H,8-9H2,1-2H3/b10-7-. The van der Waals surface area contributed by atoms with Crippen LogP contribution >= 0.6 is 0 Å². The Balaban J connectivity index is 3.55. The third-order valence-corrected chi connectivity index (χ3v) is 1.66. The van der Waals surface area contributed by atoms with E-state index in [4.69, 9.17) is 11.7 Å². The van der Waals surface area contributed by atoms with Crippen LogP contribution in [0.2, 0.25) is 0 Å². The van der Waals surface area contributed by atoms with Gasteiger partial charge >= 0.3 is 0 Å². The molecule has 4 nitrogen and oxygen atoms in total. The van der Waals surface area contributed by atoms with Gasteiger partial charge in [-0.3, -0.25) is 0 Å². The van der Waals surface area contributed by atoms with E-state index in [9.17, 15) is 0 Å². The summed E-state index contributed by atoms with van der Waals surface area (Å²) in [6, 6.07) is 3.86. The van der Waals surface area contributed by atoms with Crippen molar-refractivity contribution in [3.63, 3.8) is 0 Å². The Bertz CT molecular complexity index is 324. The van der Waals surface area contributed by atoms with Gasteiger partial charge in [0.15, 0.2) is 5.49 Å². The number of hydrogen-bond donors (Lipinski definition) is 2. The van der Waals surface area contributed by atoms with E-state index in [-0.39, 0.29) is 0 Å². The molecule has 0 aliphatic heterocycles. The highest BCUT2D eigenvalue weighted by Gasteiger charge is 1.95. The maximum absolute atomic E-state index is 5.64. The molecule has 4 heteroatoms. The number of pyridine rings is 1. The van der Waals surface area contributed by atoms with Gasteiger partial charge in [0.2, 0.25) is 0 Å². The van der Waals surface area contributed by atoms with E-state index in [0.29, 0.717) is 5.49 Å². The molecule has 0 spiro atoms. The topological polar surface area (TPSA) is 69.3 Å². The molecule has 0 amide bonds. The maximum atomic E-state index is 5.64. The zero-order valence-electron chi connectivity index (χ0n) is 6.70. The van der Waals surface area contributed by atoms with Crippen LogP contribution in [0.25, 0.3) is 0 Å². The predicted molar refractivity (Wildman–Crippen MR) is 43.8 cm³/mol.